The first-order valence-electron chi connectivity index (χ1n) is 5.64. The van der Waals surface area contributed by atoms with E-state index in [1.165, 1.54) is 6.07 Å². The van der Waals surface area contributed by atoms with Crippen LogP contribution in [-0.2, 0) is 10.0 Å². The molecule has 2 aromatic carbocycles. The molecule has 0 saturated carbocycles. The molecule has 0 atom stereocenters. The number of benzene rings is 2. The highest BCUT2D eigenvalue weighted by Gasteiger charge is 2.21. The summed E-state index contributed by atoms with van der Waals surface area (Å²) in [5.41, 5.74) is 6.78. The summed E-state index contributed by atoms with van der Waals surface area (Å²) in [7, 11) is -4.23. The van der Waals surface area contributed by atoms with Gasteiger partial charge in [0.05, 0.1) is 5.69 Å². The van der Waals surface area contributed by atoms with Gasteiger partial charge in [0.1, 0.15) is 16.5 Å². The van der Waals surface area contributed by atoms with Gasteiger partial charge in [0.25, 0.3) is 10.0 Å². The Hall–Kier alpha value is -2.15. The van der Waals surface area contributed by atoms with Gasteiger partial charge in [-0.25, -0.2) is 17.2 Å². The summed E-state index contributed by atoms with van der Waals surface area (Å²) in [6.07, 6.45) is 0. The van der Waals surface area contributed by atoms with Gasteiger partial charge in [-0.1, -0.05) is 6.07 Å². The molecule has 0 heterocycles. The second-order valence-electron chi connectivity index (χ2n) is 4.20. The molecule has 0 saturated heterocycles. The predicted octanol–water partition coefficient (Wildman–Crippen LogP) is 2.66. The summed E-state index contributed by atoms with van der Waals surface area (Å²) >= 11 is 0. The van der Waals surface area contributed by atoms with Gasteiger partial charge < -0.3 is 5.73 Å². The molecule has 0 aromatic heterocycles. The lowest BCUT2D eigenvalue weighted by atomic mass is 10.2. The van der Waals surface area contributed by atoms with E-state index in [4.69, 9.17) is 5.73 Å². The molecule has 7 heteroatoms. The molecule has 0 fully saturated rings. The van der Waals surface area contributed by atoms with Gasteiger partial charge in [-0.2, -0.15) is 0 Å². The van der Waals surface area contributed by atoms with Gasteiger partial charge in [0, 0.05) is 5.69 Å². The van der Waals surface area contributed by atoms with Crippen molar-refractivity contribution in [2.75, 3.05) is 10.5 Å². The van der Waals surface area contributed by atoms with Gasteiger partial charge in [0.15, 0.2) is 0 Å². The van der Waals surface area contributed by atoms with Crippen LogP contribution >= 0.6 is 0 Å². The Labute approximate surface area is 115 Å². The average molecular weight is 298 g/mol. The number of nitrogen functional groups attached to an aromatic ring is 1. The van der Waals surface area contributed by atoms with Crippen molar-refractivity contribution in [3.8, 4) is 0 Å². The number of anilines is 2. The molecule has 2 aromatic rings. The predicted molar refractivity (Wildman–Crippen MR) is 72.8 cm³/mol. The van der Waals surface area contributed by atoms with Crippen LogP contribution in [0.4, 0.5) is 20.2 Å². The summed E-state index contributed by atoms with van der Waals surface area (Å²) in [6, 6.07) is 6.88. The van der Waals surface area contributed by atoms with E-state index in [0.29, 0.717) is 17.3 Å². The van der Waals surface area contributed by atoms with E-state index in [9.17, 15) is 17.2 Å². The van der Waals surface area contributed by atoms with E-state index < -0.39 is 26.6 Å². The first-order chi connectivity index (χ1) is 9.31. The molecule has 0 aliphatic carbocycles. The summed E-state index contributed by atoms with van der Waals surface area (Å²) in [5.74, 6) is -1.86. The van der Waals surface area contributed by atoms with E-state index in [0.717, 1.165) is 12.1 Å². The molecular weight excluding hydrogens is 286 g/mol. The van der Waals surface area contributed by atoms with Crippen LogP contribution in [0.15, 0.2) is 41.3 Å². The minimum absolute atomic E-state index is 0.216. The van der Waals surface area contributed by atoms with Crippen LogP contribution in [0.5, 0.6) is 0 Å². The Bertz CT molecular complexity index is 761. The fourth-order valence-corrected chi connectivity index (χ4v) is 2.86. The van der Waals surface area contributed by atoms with E-state index in [1.807, 2.05) is 0 Å². The van der Waals surface area contributed by atoms with E-state index in [-0.39, 0.29) is 5.69 Å². The fraction of sp³-hybridized carbons (Fsp3) is 0.0769. The maximum absolute atomic E-state index is 13.5. The molecule has 3 N–H and O–H groups in total. The topological polar surface area (TPSA) is 72.2 Å². The van der Waals surface area contributed by atoms with Gasteiger partial charge in [0.2, 0.25) is 0 Å². The zero-order valence-corrected chi connectivity index (χ0v) is 11.3. The molecule has 0 amide bonds. The number of rotatable bonds is 3. The standard InChI is InChI=1S/C13H12F2N2O2S/c1-8-11(16)3-2-4-12(8)17-20(18,19)13-7-9(14)5-6-10(13)15/h2-7,17H,16H2,1H3. The Morgan fingerprint density at radius 1 is 1.15 bits per heavy atom. The number of halogens is 2. The minimum Gasteiger partial charge on any atom is -0.398 e. The number of nitrogens with two attached hydrogens (primary N) is 1. The minimum atomic E-state index is -4.23. The van der Waals surface area contributed by atoms with Gasteiger partial charge in [-0.05, 0) is 42.8 Å². The molecule has 0 bridgehead atoms. The second kappa shape index (κ2) is 5.09. The van der Waals surface area contributed by atoms with Crippen LogP contribution in [0, 0.1) is 18.6 Å². The largest absolute Gasteiger partial charge is 0.398 e. The molecular formula is C13H12F2N2O2S. The third kappa shape index (κ3) is 2.72. The molecule has 0 unspecified atom stereocenters. The summed E-state index contributed by atoms with van der Waals surface area (Å²) in [5, 5.41) is 0. The second-order valence-corrected chi connectivity index (χ2v) is 5.85. The van der Waals surface area contributed by atoms with Crippen LogP contribution in [0.25, 0.3) is 0 Å². The molecule has 4 nitrogen and oxygen atoms in total. The summed E-state index contributed by atoms with van der Waals surface area (Å²) in [6.45, 7) is 1.62. The lowest BCUT2D eigenvalue weighted by molar-refractivity contribution is 0.555. The highest BCUT2D eigenvalue weighted by Crippen LogP contribution is 2.25. The molecule has 0 aliphatic rings. The SMILES string of the molecule is Cc1c(N)cccc1NS(=O)(=O)c1cc(F)ccc1F. The monoisotopic (exact) mass is 298 g/mol. The van der Waals surface area contributed by atoms with Crippen molar-refractivity contribution < 1.29 is 17.2 Å². The molecule has 0 aliphatic heterocycles. The number of sulfonamides is 1. The maximum Gasteiger partial charge on any atom is 0.264 e. The van der Waals surface area contributed by atoms with Crippen molar-refractivity contribution in [1.82, 2.24) is 0 Å². The van der Waals surface area contributed by atoms with Crippen molar-refractivity contribution in [2.24, 2.45) is 0 Å². The highest BCUT2D eigenvalue weighted by molar-refractivity contribution is 7.92. The van der Waals surface area contributed by atoms with Gasteiger partial charge >= 0.3 is 0 Å². The van der Waals surface area contributed by atoms with Crippen molar-refractivity contribution in [3.63, 3.8) is 0 Å². The van der Waals surface area contributed by atoms with Crippen molar-refractivity contribution in [3.05, 3.63) is 53.6 Å². The zero-order chi connectivity index (χ0) is 14.9. The smallest absolute Gasteiger partial charge is 0.264 e. The third-order valence-electron chi connectivity index (χ3n) is 2.80. The zero-order valence-electron chi connectivity index (χ0n) is 10.5. The normalized spacial score (nSPS) is 11.3. The van der Waals surface area contributed by atoms with E-state index in [2.05, 4.69) is 4.72 Å². The Balaban J connectivity index is 2.46. The Kier molecular flexibility index (Phi) is 3.63. The van der Waals surface area contributed by atoms with Crippen LogP contribution in [0.1, 0.15) is 5.56 Å². The number of hydrogen-bond acceptors (Lipinski definition) is 3. The quantitative estimate of drug-likeness (QED) is 0.856. The van der Waals surface area contributed by atoms with Crippen LogP contribution < -0.4 is 10.5 Å². The van der Waals surface area contributed by atoms with Crippen molar-refractivity contribution in [2.45, 2.75) is 11.8 Å². The van der Waals surface area contributed by atoms with Gasteiger partial charge in [-0.3, -0.25) is 4.72 Å². The van der Waals surface area contributed by atoms with Crippen molar-refractivity contribution in [1.29, 1.82) is 0 Å². The maximum atomic E-state index is 13.5. The molecule has 0 spiro atoms. The fourth-order valence-electron chi connectivity index (χ4n) is 1.65. The third-order valence-corrected chi connectivity index (χ3v) is 4.18. The molecule has 20 heavy (non-hydrogen) atoms. The molecule has 106 valence electrons. The van der Waals surface area contributed by atoms with Crippen LogP contribution in [0.2, 0.25) is 0 Å². The summed E-state index contributed by atoms with van der Waals surface area (Å²) in [4.78, 5) is -0.751. The van der Waals surface area contributed by atoms with Crippen LogP contribution in [-0.4, -0.2) is 8.42 Å². The van der Waals surface area contributed by atoms with Gasteiger partial charge in [-0.15, -0.1) is 0 Å². The van der Waals surface area contributed by atoms with E-state index in [1.54, 1.807) is 19.1 Å². The average Bonchev–Trinajstić information content (AvgIpc) is 2.37. The number of hydrogen-bond donors (Lipinski definition) is 2. The number of nitrogens with one attached hydrogen (secondary N) is 1. The first-order valence-corrected chi connectivity index (χ1v) is 7.12. The Morgan fingerprint density at radius 2 is 1.85 bits per heavy atom. The summed E-state index contributed by atoms with van der Waals surface area (Å²) < 4.78 is 53.0. The lowest BCUT2D eigenvalue weighted by Gasteiger charge is -2.12. The lowest BCUT2D eigenvalue weighted by Crippen LogP contribution is -2.16. The highest BCUT2D eigenvalue weighted by atomic mass is 32.2. The Morgan fingerprint density at radius 3 is 2.55 bits per heavy atom. The molecule has 2 rings (SSSR count). The first kappa shape index (κ1) is 14.3. The van der Waals surface area contributed by atoms with Crippen molar-refractivity contribution >= 4 is 21.4 Å². The molecule has 0 radical (unpaired) electrons. The van der Waals surface area contributed by atoms with E-state index >= 15 is 0 Å². The van der Waals surface area contributed by atoms with Crippen LogP contribution in [0.3, 0.4) is 0 Å².